The van der Waals surface area contributed by atoms with Crippen LogP contribution < -0.4 is 9.80 Å². The Morgan fingerprint density at radius 2 is 0.549 bits per heavy atom. The number of hydrogen-bond donors (Lipinski definition) is 0. The average Bonchev–Trinajstić information content (AvgIpc) is 3.84. The SMILES string of the molecule is c1ccc(-c2cccc(N(c3ccccc3-c3ccccc3)c3cc4oc5cc(N(c6cccc(-c7ccccc7)c6)c6ccccc6-c6ccccc6)c6ccccc6c5c4c4ccccc34)c2)cc1. The van der Waals surface area contributed by atoms with Crippen molar-refractivity contribution in [1.29, 1.82) is 0 Å². The van der Waals surface area contributed by atoms with E-state index in [1.165, 1.54) is 0 Å². The largest absolute Gasteiger partial charge is 0.456 e. The normalized spacial score (nSPS) is 11.4. The summed E-state index contributed by atoms with van der Waals surface area (Å²) in [6.45, 7) is 0. The van der Waals surface area contributed by atoms with Crippen LogP contribution in [0.4, 0.5) is 34.1 Å². The summed E-state index contributed by atoms with van der Waals surface area (Å²) in [5, 5.41) is 6.69. The van der Waals surface area contributed by atoms with E-state index in [4.69, 9.17) is 4.42 Å². The molecule has 334 valence electrons. The van der Waals surface area contributed by atoms with Crippen LogP contribution in [-0.4, -0.2) is 0 Å². The molecule has 0 N–H and O–H groups in total. The van der Waals surface area contributed by atoms with Gasteiger partial charge in [0.2, 0.25) is 0 Å². The summed E-state index contributed by atoms with van der Waals surface area (Å²) in [6, 6.07) is 100. The number of fused-ring (bicyclic) bond motifs is 7. The maximum atomic E-state index is 7.36. The lowest BCUT2D eigenvalue weighted by molar-refractivity contribution is 0.669. The van der Waals surface area contributed by atoms with E-state index < -0.39 is 0 Å². The second-order valence-electron chi connectivity index (χ2n) is 18.0. The highest BCUT2D eigenvalue weighted by Crippen LogP contribution is 2.51. The summed E-state index contributed by atoms with van der Waals surface area (Å²) in [6.07, 6.45) is 0. The first-order valence-corrected chi connectivity index (χ1v) is 24.2. The zero-order valence-electron chi connectivity index (χ0n) is 38.9. The van der Waals surface area contributed by atoms with Crippen LogP contribution in [0.5, 0.6) is 0 Å². The number of furan rings is 1. The number of nitrogens with zero attached hydrogens (tertiary/aromatic N) is 2. The molecule has 0 aliphatic carbocycles. The van der Waals surface area contributed by atoms with E-state index in [1.54, 1.807) is 0 Å². The van der Waals surface area contributed by atoms with Crippen molar-refractivity contribution in [2.75, 3.05) is 9.80 Å². The number of hydrogen-bond acceptors (Lipinski definition) is 3. The van der Waals surface area contributed by atoms with Crippen LogP contribution in [0.2, 0.25) is 0 Å². The van der Waals surface area contributed by atoms with Gasteiger partial charge >= 0.3 is 0 Å². The summed E-state index contributed by atoms with van der Waals surface area (Å²) in [4.78, 5) is 4.85. The fourth-order valence-corrected chi connectivity index (χ4v) is 10.6. The monoisotopic (exact) mass is 906 g/mol. The van der Waals surface area contributed by atoms with E-state index in [0.717, 1.165) is 122 Å². The highest BCUT2D eigenvalue weighted by atomic mass is 16.3. The minimum absolute atomic E-state index is 0.819. The molecule has 0 saturated heterocycles. The zero-order chi connectivity index (χ0) is 47.1. The Labute approximate surface area is 413 Å². The van der Waals surface area contributed by atoms with Crippen molar-refractivity contribution < 1.29 is 4.42 Å². The van der Waals surface area contributed by atoms with E-state index in [0.29, 0.717) is 0 Å². The van der Waals surface area contributed by atoms with Crippen molar-refractivity contribution in [2.24, 2.45) is 0 Å². The summed E-state index contributed by atoms with van der Waals surface area (Å²) in [5.41, 5.74) is 17.1. The molecule has 0 spiro atoms. The Balaban J connectivity index is 1.09. The highest BCUT2D eigenvalue weighted by Gasteiger charge is 2.26. The molecule has 71 heavy (non-hydrogen) atoms. The summed E-state index contributed by atoms with van der Waals surface area (Å²) in [5.74, 6) is 0. The molecule has 0 atom stereocenters. The molecule has 0 bridgehead atoms. The molecule has 0 aliphatic heterocycles. The van der Waals surface area contributed by atoms with E-state index in [9.17, 15) is 0 Å². The fourth-order valence-electron chi connectivity index (χ4n) is 10.6. The van der Waals surface area contributed by atoms with Crippen molar-refractivity contribution >= 4 is 77.6 Å². The third-order valence-electron chi connectivity index (χ3n) is 13.8. The molecule has 3 heteroatoms. The molecule has 0 saturated carbocycles. The van der Waals surface area contributed by atoms with Crippen LogP contribution in [0.3, 0.4) is 0 Å². The Morgan fingerprint density at radius 1 is 0.225 bits per heavy atom. The predicted octanol–water partition coefficient (Wildman–Crippen LogP) is 19.5. The molecule has 0 radical (unpaired) electrons. The lowest BCUT2D eigenvalue weighted by Crippen LogP contribution is -2.12. The average molecular weight is 907 g/mol. The molecule has 0 fully saturated rings. The minimum Gasteiger partial charge on any atom is -0.456 e. The summed E-state index contributed by atoms with van der Waals surface area (Å²) < 4.78 is 7.36. The maximum Gasteiger partial charge on any atom is 0.138 e. The molecule has 0 unspecified atom stereocenters. The Bertz CT molecular complexity index is 3790. The van der Waals surface area contributed by atoms with Gasteiger partial charge in [-0.25, -0.2) is 0 Å². The van der Waals surface area contributed by atoms with Crippen LogP contribution >= 0.6 is 0 Å². The molecule has 1 heterocycles. The number of rotatable bonds is 10. The molecule has 0 amide bonds. The Morgan fingerprint density at radius 3 is 0.958 bits per heavy atom. The van der Waals surface area contributed by atoms with Gasteiger partial charge in [0.15, 0.2) is 0 Å². The lowest BCUT2D eigenvalue weighted by atomic mass is 9.95. The third-order valence-corrected chi connectivity index (χ3v) is 13.8. The zero-order valence-corrected chi connectivity index (χ0v) is 38.9. The van der Waals surface area contributed by atoms with E-state index in [2.05, 4.69) is 289 Å². The number of anilines is 6. The van der Waals surface area contributed by atoms with Crippen LogP contribution in [0.15, 0.2) is 283 Å². The van der Waals surface area contributed by atoms with E-state index in [-0.39, 0.29) is 0 Å². The molecule has 12 aromatic carbocycles. The van der Waals surface area contributed by atoms with Gasteiger partial charge in [-0.1, -0.05) is 231 Å². The Hall–Kier alpha value is -9.44. The second kappa shape index (κ2) is 17.9. The van der Waals surface area contributed by atoms with Gasteiger partial charge in [0.05, 0.1) is 22.7 Å². The van der Waals surface area contributed by atoms with Crippen molar-refractivity contribution in [3.05, 3.63) is 279 Å². The van der Waals surface area contributed by atoms with Gasteiger partial charge in [-0.15, -0.1) is 0 Å². The number of para-hydroxylation sites is 2. The van der Waals surface area contributed by atoms with E-state index in [1.807, 2.05) is 0 Å². The van der Waals surface area contributed by atoms with Gasteiger partial charge in [0.25, 0.3) is 0 Å². The van der Waals surface area contributed by atoms with Gasteiger partial charge in [-0.3, -0.25) is 0 Å². The van der Waals surface area contributed by atoms with Crippen molar-refractivity contribution in [3.8, 4) is 44.5 Å². The Kier molecular flexibility index (Phi) is 10.5. The smallest absolute Gasteiger partial charge is 0.138 e. The predicted molar refractivity (Wildman–Crippen MR) is 300 cm³/mol. The van der Waals surface area contributed by atoms with Crippen LogP contribution in [0.1, 0.15) is 0 Å². The fraction of sp³-hybridized carbons (Fsp3) is 0. The quantitative estimate of drug-likeness (QED) is 0.136. The van der Waals surface area contributed by atoms with Gasteiger partial charge in [-0.05, 0) is 80.6 Å². The minimum atomic E-state index is 0.819. The van der Waals surface area contributed by atoms with Gasteiger partial charge < -0.3 is 14.2 Å². The van der Waals surface area contributed by atoms with Crippen LogP contribution in [0, 0.1) is 0 Å². The summed E-state index contributed by atoms with van der Waals surface area (Å²) >= 11 is 0. The lowest BCUT2D eigenvalue weighted by Gasteiger charge is -2.29. The van der Waals surface area contributed by atoms with Crippen molar-refractivity contribution in [3.63, 3.8) is 0 Å². The first-order valence-electron chi connectivity index (χ1n) is 24.2. The molecule has 13 rings (SSSR count). The summed E-state index contributed by atoms with van der Waals surface area (Å²) in [7, 11) is 0. The van der Waals surface area contributed by atoms with Gasteiger partial charge in [-0.2, -0.15) is 0 Å². The van der Waals surface area contributed by atoms with Gasteiger partial charge in [0.1, 0.15) is 11.2 Å². The standard InChI is InChI=1S/C68H46N2O/c1-5-23-47(24-6-1)51-31-21-33-53(43-51)69(61-41-19-17-35-55(61)49-27-9-3-10-28-49)63-45-65-67(59-39-15-13-37-57(59)63)68-60-40-16-14-38-58(60)64(46-66(68)71-65)70(54-34-22-32-52(44-54)48-25-7-2-8-26-48)62-42-20-18-36-56(62)50-29-11-4-12-30-50/h1-46H. The van der Waals surface area contributed by atoms with E-state index >= 15 is 0 Å². The molecular formula is C68H46N2O. The topological polar surface area (TPSA) is 19.6 Å². The third kappa shape index (κ3) is 7.49. The molecule has 3 nitrogen and oxygen atoms in total. The molecule has 13 aromatic rings. The molecule has 1 aromatic heterocycles. The first-order chi connectivity index (χ1) is 35.2. The first kappa shape index (κ1) is 41.7. The number of benzene rings is 12. The second-order valence-corrected chi connectivity index (χ2v) is 18.0. The molecular weight excluding hydrogens is 861 g/mol. The maximum absolute atomic E-state index is 7.36. The molecule has 0 aliphatic rings. The van der Waals surface area contributed by atoms with Crippen LogP contribution in [0.25, 0.3) is 88.0 Å². The van der Waals surface area contributed by atoms with Gasteiger partial charge in [0, 0.05) is 56.2 Å². The van der Waals surface area contributed by atoms with Crippen molar-refractivity contribution in [2.45, 2.75) is 0 Å². The van der Waals surface area contributed by atoms with Crippen molar-refractivity contribution in [1.82, 2.24) is 0 Å². The van der Waals surface area contributed by atoms with Crippen LogP contribution in [-0.2, 0) is 0 Å². The highest BCUT2D eigenvalue weighted by molar-refractivity contribution is 6.30.